The van der Waals surface area contributed by atoms with E-state index in [0.29, 0.717) is 22.6 Å². The van der Waals surface area contributed by atoms with Gasteiger partial charge in [0.25, 0.3) is 0 Å². The number of carbonyl (C=O) groups excluding carboxylic acids is 1. The highest BCUT2D eigenvalue weighted by Crippen LogP contribution is 2.40. The van der Waals surface area contributed by atoms with Crippen LogP contribution in [0.3, 0.4) is 0 Å². The molecule has 1 unspecified atom stereocenters. The molecule has 0 bridgehead atoms. The van der Waals surface area contributed by atoms with E-state index in [-0.39, 0.29) is 12.3 Å². The highest BCUT2D eigenvalue weighted by atomic mass is 19.4. The zero-order chi connectivity index (χ0) is 21.0. The highest BCUT2D eigenvalue weighted by Gasteiger charge is 2.40. The van der Waals surface area contributed by atoms with Crippen molar-refractivity contribution in [3.63, 3.8) is 0 Å². The van der Waals surface area contributed by atoms with Crippen LogP contribution in [0, 0.1) is 0 Å². The maximum absolute atomic E-state index is 13.3. The Labute approximate surface area is 169 Å². The molecule has 0 fully saturated rings. The minimum Gasteiger partial charge on any atom is -0.358 e. The van der Waals surface area contributed by atoms with Crippen molar-refractivity contribution < 1.29 is 18.0 Å². The number of hydrogen-bond acceptors (Lipinski definition) is 5. The van der Waals surface area contributed by atoms with Crippen molar-refractivity contribution in [1.82, 2.24) is 10.2 Å². The lowest BCUT2D eigenvalue weighted by atomic mass is 10.0. The number of allylic oxidation sites excluding steroid dienone is 1. The lowest BCUT2D eigenvalue weighted by Gasteiger charge is -2.27. The number of halogens is 3. The molecule has 5 rings (SSSR count). The molecule has 0 saturated carbocycles. The van der Waals surface area contributed by atoms with Gasteiger partial charge in [-0.05, 0) is 23.3 Å². The van der Waals surface area contributed by atoms with Gasteiger partial charge in [0, 0.05) is 18.0 Å². The fourth-order valence-corrected chi connectivity index (χ4v) is 3.88. The fraction of sp³-hybridized carbons (Fsp3) is 0.143. The van der Waals surface area contributed by atoms with Crippen molar-refractivity contribution in [2.75, 3.05) is 5.01 Å². The van der Waals surface area contributed by atoms with Crippen molar-refractivity contribution in [3.05, 3.63) is 77.1 Å². The number of anilines is 1. The lowest BCUT2D eigenvalue weighted by Crippen LogP contribution is -2.38. The Morgan fingerprint density at radius 3 is 2.60 bits per heavy atom. The number of nitrogens with zero attached hydrogens (tertiary/aromatic N) is 3. The minimum atomic E-state index is -4.56. The van der Waals surface area contributed by atoms with Crippen LogP contribution in [-0.4, -0.2) is 29.4 Å². The Morgan fingerprint density at radius 1 is 1.10 bits per heavy atom. The molecule has 0 saturated heterocycles. The van der Waals surface area contributed by atoms with Crippen molar-refractivity contribution in [2.24, 2.45) is 10.8 Å². The number of fused-ring (bicyclic) bond motifs is 2. The molecule has 2 aromatic rings. The summed E-state index contributed by atoms with van der Waals surface area (Å²) in [5.74, 6) is 5.55. The molecular formula is C21H16F3N5O. The molecule has 0 aromatic heterocycles. The first-order chi connectivity index (χ1) is 14.3. The van der Waals surface area contributed by atoms with Crippen LogP contribution in [0.2, 0.25) is 0 Å². The number of hydrogen-bond donors (Lipinski definition) is 2. The first-order valence-corrected chi connectivity index (χ1v) is 9.21. The number of benzene rings is 2. The number of aliphatic imine (C=N–C) groups is 1. The molecule has 0 radical (unpaired) electrons. The number of alkyl halides is 3. The number of carbonyl (C=O) groups is 1. The van der Waals surface area contributed by atoms with Crippen molar-refractivity contribution in [2.45, 2.75) is 18.8 Å². The molecule has 2 aromatic carbocycles. The van der Waals surface area contributed by atoms with E-state index < -0.39 is 18.0 Å². The SMILES string of the molecule is NN1C(=O)Cc2cc(C3=C(c4ccccc4)NC4C=NC(C(F)(F)F)=CN34)ccc21. The summed E-state index contributed by atoms with van der Waals surface area (Å²) in [5.41, 5.74) is 3.12. The topological polar surface area (TPSA) is 74.0 Å². The molecule has 3 N–H and O–H groups in total. The van der Waals surface area contributed by atoms with E-state index in [9.17, 15) is 18.0 Å². The normalized spacial score (nSPS) is 20.3. The Bertz CT molecular complexity index is 1140. The van der Waals surface area contributed by atoms with Crippen LogP contribution in [0.15, 0.2) is 65.4 Å². The Hall–Kier alpha value is -3.59. The van der Waals surface area contributed by atoms with E-state index in [1.807, 2.05) is 30.3 Å². The third-order valence-electron chi connectivity index (χ3n) is 5.28. The lowest BCUT2D eigenvalue weighted by molar-refractivity contribution is -0.117. The molecule has 30 heavy (non-hydrogen) atoms. The van der Waals surface area contributed by atoms with Crippen molar-refractivity contribution in [1.29, 1.82) is 0 Å². The van der Waals surface area contributed by atoms with Gasteiger partial charge in [-0.25, -0.2) is 10.9 Å². The second-order valence-corrected chi connectivity index (χ2v) is 7.16. The fourth-order valence-electron chi connectivity index (χ4n) is 3.88. The minimum absolute atomic E-state index is 0.148. The van der Waals surface area contributed by atoms with Crippen LogP contribution in [0.1, 0.15) is 16.7 Å². The Morgan fingerprint density at radius 2 is 1.87 bits per heavy atom. The van der Waals surface area contributed by atoms with E-state index in [0.717, 1.165) is 22.3 Å². The number of nitrogens with one attached hydrogen (secondary N) is 1. The predicted molar refractivity (Wildman–Crippen MR) is 106 cm³/mol. The summed E-state index contributed by atoms with van der Waals surface area (Å²) < 4.78 is 39.9. The molecule has 3 aliphatic heterocycles. The second kappa shape index (κ2) is 6.46. The van der Waals surface area contributed by atoms with Gasteiger partial charge in [0.05, 0.1) is 23.5 Å². The van der Waals surface area contributed by atoms with Gasteiger partial charge >= 0.3 is 6.18 Å². The van der Waals surface area contributed by atoms with Crippen LogP contribution in [0.5, 0.6) is 0 Å². The standard InChI is InChI=1S/C21H16F3N5O/c22-21(23,24)16-11-28-17(10-26-16)27-19(12-4-2-1-3-5-12)20(28)13-6-7-15-14(8-13)9-18(30)29(15)25/h1-8,10-11,17,27H,9,25H2. The average Bonchev–Trinajstić information content (AvgIpc) is 3.24. The van der Waals surface area contributed by atoms with E-state index in [4.69, 9.17) is 5.84 Å². The Balaban J connectivity index is 1.67. The van der Waals surface area contributed by atoms with Crippen LogP contribution >= 0.6 is 0 Å². The molecule has 0 aliphatic carbocycles. The van der Waals surface area contributed by atoms with Crippen LogP contribution in [0.4, 0.5) is 18.9 Å². The van der Waals surface area contributed by atoms with Gasteiger partial charge in [0.15, 0.2) is 5.70 Å². The van der Waals surface area contributed by atoms with Gasteiger partial charge in [-0.15, -0.1) is 0 Å². The molecule has 152 valence electrons. The first-order valence-electron chi connectivity index (χ1n) is 9.21. The maximum atomic E-state index is 13.3. The van der Waals surface area contributed by atoms with E-state index >= 15 is 0 Å². The zero-order valence-electron chi connectivity index (χ0n) is 15.5. The summed E-state index contributed by atoms with van der Waals surface area (Å²) in [6.45, 7) is 0. The summed E-state index contributed by atoms with van der Waals surface area (Å²) in [7, 11) is 0. The predicted octanol–water partition coefficient (Wildman–Crippen LogP) is 2.99. The summed E-state index contributed by atoms with van der Waals surface area (Å²) >= 11 is 0. The van der Waals surface area contributed by atoms with Crippen molar-refractivity contribution in [3.8, 4) is 0 Å². The van der Waals surface area contributed by atoms with E-state index in [2.05, 4.69) is 10.3 Å². The van der Waals surface area contributed by atoms with Gasteiger partial charge < -0.3 is 10.2 Å². The largest absolute Gasteiger partial charge is 0.434 e. The second-order valence-electron chi connectivity index (χ2n) is 7.16. The van der Waals surface area contributed by atoms with Gasteiger partial charge in [-0.1, -0.05) is 36.4 Å². The number of rotatable bonds is 2. The van der Waals surface area contributed by atoms with Crippen LogP contribution in [-0.2, 0) is 11.2 Å². The molecule has 0 spiro atoms. The monoisotopic (exact) mass is 411 g/mol. The number of amides is 1. The smallest absolute Gasteiger partial charge is 0.358 e. The van der Waals surface area contributed by atoms with Gasteiger partial charge in [-0.2, -0.15) is 13.2 Å². The van der Waals surface area contributed by atoms with Gasteiger partial charge in [-0.3, -0.25) is 9.79 Å². The summed E-state index contributed by atoms with van der Waals surface area (Å²) in [5, 5.41) is 4.35. The molecule has 3 heterocycles. The summed E-state index contributed by atoms with van der Waals surface area (Å²) in [4.78, 5) is 17.1. The summed E-state index contributed by atoms with van der Waals surface area (Å²) in [6.07, 6.45) is -2.71. The molecule has 1 atom stereocenters. The summed E-state index contributed by atoms with van der Waals surface area (Å²) in [6, 6.07) is 14.6. The van der Waals surface area contributed by atoms with Gasteiger partial charge in [0.2, 0.25) is 5.91 Å². The molecule has 3 aliphatic rings. The van der Waals surface area contributed by atoms with Gasteiger partial charge in [0.1, 0.15) is 6.17 Å². The van der Waals surface area contributed by atoms with E-state index in [1.165, 1.54) is 11.1 Å². The first kappa shape index (κ1) is 18.4. The quantitative estimate of drug-likeness (QED) is 0.589. The number of nitrogens with two attached hydrogens (primary N) is 1. The Kier molecular flexibility index (Phi) is 3.97. The van der Waals surface area contributed by atoms with Crippen LogP contribution < -0.4 is 16.2 Å². The van der Waals surface area contributed by atoms with Crippen molar-refractivity contribution >= 4 is 29.2 Å². The third kappa shape index (κ3) is 2.86. The van der Waals surface area contributed by atoms with Crippen LogP contribution in [0.25, 0.3) is 11.4 Å². The zero-order valence-corrected chi connectivity index (χ0v) is 15.5. The third-order valence-corrected chi connectivity index (χ3v) is 5.28. The molecule has 6 nitrogen and oxygen atoms in total. The molecule has 1 amide bonds. The maximum Gasteiger partial charge on any atom is 0.434 e. The molecular weight excluding hydrogens is 395 g/mol. The molecule has 9 heteroatoms. The highest BCUT2D eigenvalue weighted by molar-refractivity contribution is 6.02. The number of hydrazine groups is 1. The average molecular weight is 411 g/mol. The van der Waals surface area contributed by atoms with E-state index in [1.54, 1.807) is 18.2 Å².